The van der Waals surface area contributed by atoms with Crippen LogP contribution in [0.15, 0.2) is 42.7 Å². The zero-order valence-corrected chi connectivity index (χ0v) is 18.6. The topological polar surface area (TPSA) is 76.0 Å². The van der Waals surface area contributed by atoms with Crippen molar-refractivity contribution in [2.24, 2.45) is 22.2 Å². The zero-order chi connectivity index (χ0) is 21.9. The molecule has 1 heterocycles. The number of anilines is 2. The maximum atomic E-state index is 13.5. The molecule has 4 saturated carbocycles. The average molecular weight is 421 g/mol. The molecule has 4 aliphatic carbocycles. The van der Waals surface area contributed by atoms with E-state index in [9.17, 15) is 9.59 Å². The van der Waals surface area contributed by atoms with Crippen molar-refractivity contribution in [1.82, 2.24) is 9.78 Å². The lowest BCUT2D eigenvalue weighted by Crippen LogP contribution is -2.58. The molecule has 0 spiro atoms. The van der Waals surface area contributed by atoms with E-state index in [1.807, 2.05) is 31.2 Å². The van der Waals surface area contributed by atoms with Gasteiger partial charge in [0, 0.05) is 23.8 Å². The molecule has 164 valence electrons. The first kappa shape index (κ1) is 20.3. The van der Waals surface area contributed by atoms with E-state index >= 15 is 0 Å². The van der Waals surface area contributed by atoms with Crippen molar-refractivity contribution in [1.29, 1.82) is 0 Å². The van der Waals surface area contributed by atoms with Gasteiger partial charge in [-0.1, -0.05) is 19.9 Å². The van der Waals surface area contributed by atoms with Gasteiger partial charge in [0.15, 0.2) is 0 Å². The Hall–Kier alpha value is -2.63. The fourth-order valence-corrected chi connectivity index (χ4v) is 7.52. The third-order valence-corrected chi connectivity index (χ3v) is 7.80. The fraction of sp³-hybridized carbons (Fsp3) is 0.560. The molecule has 2 amide bonds. The Morgan fingerprint density at radius 1 is 1.03 bits per heavy atom. The molecule has 0 saturated heterocycles. The number of benzene rings is 1. The summed E-state index contributed by atoms with van der Waals surface area (Å²) in [5.74, 6) is 0.683. The number of hydrogen-bond acceptors (Lipinski definition) is 3. The van der Waals surface area contributed by atoms with Crippen LogP contribution in [0, 0.1) is 22.2 Å². The number of nitrogens with zero attached hydrogens (tertiary/aromatic N) is 2. The predicted octanol–water partition coefficient (Wildman–Crippen LogP) is 5.02. The highest BCUT2D eigenvalue weighted by atomic mass is 16.2. The molecular weight excluding hydrogens is 388 g/mol. The second-order valence-corrected chi connectivity index (χ2v) is 11.1. The molecule has 6 rings (SSSR count). The van der Waals surface area contributed by atoms with Gasteiger partial charge < -0.3 is 10.6 Å². The van der Waals surface area contributed by atoms with E-state index in [-0.39, 0.29) is 17.2 Å². The lowest BCUT2D eigenvalue weighted by molar-refractivity contribution is -0.165. The molecule has 6 heteroatoms. The SMILES string of the molecule is CC(C(=O)Nc1cccc(NC(=O)C23CC4CC(C)(CC(C)(C4)C2)C3)c1)n1cccn1. The van der Waals surface area contributed by atoms with E-state index in [1.165, 1.54) is 19.3 Å². The van der Waals surface area contributed by atoms with Crippen LogP contribution in [-0.2, 0) is 9.59 Å². The van der Waals surface area contributed by atoms with E-state index in [2.05, 4.69) is 29.6 Å². The van der Waals surface area contributed by atoms with Gasteiger partial charge >= 0.3 is 0 Å². The van der Waals surface area contributed by atoms with Crippen LogP contribution in [0.3, 0.4) is 0 Å². The summed E-state index contributed by atoms with van der Waals surface area (Å²) in [6.45, 7) is 6.57. The predicted molar refractivity (Wildman–Crippen MR) is 120 cm³/mol. The number of nitrogens with one attached hydrogen (secondary N) is 2. The van der Waals surface area contributed by atoms with E-state index < -0.39 is 6.04 Å². The molecule has 2 aromatic rings. The third-order valence-electron chi connectivity index (χ3n) is 7.80. The van der Waals surface area contributed by atoms with Gasteiger partial charge in [0.2, 0.25) is 11.8 Å². The van der Waals surface area contributed by atoms with Crippen molar-refractivity contribution in [3.63, 3.8) is 0 Å². The van der Waals surface area contributed by atoms with Gasteiger partial charge in [-0.05, 0) is 86.5 Å². The van der Waals surface area contributed by atoms with Crippen molar-refractivity contribution in [3.05, 3.63) is 42.7 Å². The normalized spacial score (nSPS) is 34.4. The van der Waals surface area contributed by atoms with Crippen LogP contribution in [0.25, 0.3) is 0 Å². The molecule has 6 nitrogen and oxygen atoms in total. The smallest absolute Gasteiger partial charge is 0.248 e. The zero-order valence-electron chi connectivity index (χ0n) is 18.6. The number of amides is 2. The number of carbonyl (C=O) groups is 2. The summed E-state index contributed by atoms with van der Waals surface area (Å²) < 4.78 is 1.62. The fourth-order valence-electron chi connectivity index (χ4n) is 7.52. The quantitative estimate of drug-likeness (QED) is 0.713. The number of aromatic nitrogens is 2. The van der Waals surface area contributed by atoms with Crippen molar-refractivity contribution < 1.29 is 9.59 Å². The second kappa shape index (κ2) is 6.94. The molecule has 0 aliphatic heterocycles. The van der Waals surface area contributed by atoms with Crippen LogP contribution in [0.1, 0.15) is 65.3 Å². The molecule has 31 heavy (non-hydrogen) atoms. The first-order valence-electron chi connectivity index (χ1n) is 11.4. The maximum Gasteiger partial charge on any atom is 0.248 e. The van der Waals surface area contributed by atoms with Gasteiger partial charge in [-0.25, -0.2) is 0 Å². The standard InChI is InChI=1S/C25H32N4O2/c1-17(29-9-5-8-26-29)21(30)27-19-6-4-7-20(10-19)28-22(31)25-13-18-11-23(2,15-25)14-24(3,12-18)16-25/h4-10,17-18H,11-16H2,1-3H3,(H,27,30)(H,28,31). The summed E-state index contributed by atoms with van der Waals surface area (Å²) in [6.07, 6.45) is 10.2. The van der Waals surface area contributed by atoms with Crippen LogP contribution in [0.5, 0.6) is 0 Å². The Labute approximate surface area is 183 Å². The Morgan fingerprint density at radius 2 is 1.71 bits per heavy atom. The van der Waals surface area contributed by atoms with Gasteiger partial charge in [0.1, 0.15) is 6.04 Å². The Morgan fingerprint density at radius 3 is 2.32 bits per heavy atom. The highest BCUT2D eigenvalue weighted by molar-refractivity contribution is 5.97. The largest absolute Gasteiger partial charge is 0.326 e. The summed E-state index contributed by atoms with van der Waals surface area (Å²) in [5, 5.41) is 10.3. The van der Waals surface area contributed by atoms with E-state index in [0.717, 1.165) is 24.9 Å². The van der Waals surface area contributed by atoms with Crippen molar-refractivity contribution in [3.8, 4) is 0 Å². The molecule has 4 fully saturated rings. The monoisotopic (exact) mass is 420 g/mol. The summed E-state index contributed by atoms with van der Waals surface area (Å²) in [7, 11) is 0. The minimum atomic E-state index is -0.415. The first-order valence-corrected chi connectivity index (χ1v) is 11.4. The van der Waals surface area contributed by atoms with E-state index in [1.54, 1.807) is 23.1 Å². The molecule has 3 atom stereocenters. The molecular formula is C25H32N4O2. The van der Waals surface area contributed by atoms with E-state index in [4.69, 9.17) is 0 Å². The summed E-state index contributed by atoms with van der Waals surface area (Å²) in [4.78, 5) is 26.1. The van der Waals surface area contributed by atoms with Crippen LogP contribution < -0.4 is 10.6 Å². The Bertz CT molecular complexity index is 996. The molecule has 4 aliphatic rings. The molecule has 0 radical (unpaired) electrons. The highest BCUT2D eigenvalue weighted by Gasteiger charge is 2.62. The summed E-state index contributed by atoms with van der Waals surface area (Å²) >= 11 is 0. The van der Waals surface area contributed by atoms with Gasteiger partial charge in [-0.15, -0.1) is 0 Å². The van der Waals surface area contributed by atoms with Gasteiger partial charge in [-0.2, -0.15) is 5.10 Å². The van der Waals surface area contributed by atoms with Crippen LogP contribution in [-0.4, -0.2) is 21.6 Å². The lowest BCUT2D eigenvalue weighted by Gasteiger charge is -2.64. The van der Waals surface area contributed by atoms with Crippen molar-refractivity contribution in [2.45, 2.75) is 65.3 Å². The number of carbonyl (C=O) groups excluding carboxylic acids is 2. The maximum absolute atomic E-state index is 13.5. The summed E-state index contributed by atoms with van der Waals surface area (Å²) in [6, 6.07) is 8.83. The highest BCUT2D eigenvalue weighted by Crippen LogP contribution is 2.69. The average Bonchev–Trinajstić information content (AvgIpc) is 3.19. The minimum absolute atomic E-state index is 0.144. The molecule has 2 N–H and O–H groups in total. The van der Waals surface area contributed by atoms with Crippen molar-refractivity contribution in [2.75, 3.05) is 10.6 Å². The molecule has 1 aromatic carbocycles. The third kappa shape index (κ3) is 3.66. The molecule has 1 aromatic heterocycles. The van der Waals surface area contributed by atoms with Crippen molar-refractivity contribution >= 4 is 23.2 Å². The number of rotatable bonds is 5. The minimum Gasteiger partial charge on any atom is -0.326 e. The van der Waals surface area contributed by atoms with Crippen LogP contribution in [0.4, 0.5) is 11.4 Å². The van der Waals surface area contributed by atoms with Gasteiger partial charge in [0.05, 0.1) is 5.41 Å². The summed E-state index contributed by atoms with van der Waals surface area (Å²) in [5.41, 5.74) is 1.75. The lowest BCUT2D eigenvalue weighted by atomic mass is 9.40. The second-order valence-electron chi connectivity index (χ2n) is 11.1. The number of hydrogen-bond donors (Lipinski definition) is 2. The molecule has 3 unspecified atom stereocenters. The Kier molecular flexibility index (Phi) is 4.54. The van der Waals surface area contributed by atoms with E-state index in [0.29, 0.717) is 22.4 Å². The first-order chi connectivity index (χ1) is 14.7. The van der Waals surface area contributed by atoms with Gasteiger partial charge in [0.25, 0.3) is 0 Å². The Balaban J connectivity index is 1.30. The van der Waals surface area contributed by atoms with Crippen LogP contribution in [0.2, 0.25) is 0 Å². The van der Waals surface area contributed by atoms with Crippen LogP contribution >= 0.6 is 0 Å². The molecule has 4 bridgehead atoms. The van der Waals surface area contributed by atoms with Gasteiger partial charge in [-0.3, -0.25) is 14.3 Å².